The Bertz CT molecular complexity index is 607. The van der Waals surface area contributed by atoms with Crippen LogP contribution in [0.3, 0.4) is 0 Å². The summed E-state index contributed by atoms with van der Waals surface area (Å²) in [7, 11) is 0. The Hall–Kier alpha value is -0.820. The second-order valence-corrected chi connectivity index (χ2v) is 9.21. The Morgan fingerprint density at radius 2 is 2.05 bits per heavy atom. The van der Waals surface area contributed by atoms with E-state index in [-0.39, 0.29) is 5.54 Å². The third-order valence-electron chi connectivity index (χ3n) is 7.52. The molecule has 4 aliphatic rings. The molecule has 0 heterocycles. The van der Waals surface area contributed by atoms with E-state index < -0.39 is 0 Å². The first-order valence-corrected chi connectivity index (χ1v) is 9.13. The summed E-state index contributed by atoms with van der Waals surface area (Å²) in [6.07, 6.45) is 11.3. The van der Waals surface area contributed by atoms with Gasteiger partial charge in [-0.2, -0.15) is 0 Å². The highest BCUT2D eigenvalue weighted by Crippen LogP contribution is 2.72. The van der Waals surface area contributed by atoms with Crippen molar-refractivity contribution in [2.24, 2.45) is 34.3 Å². The standard InChI is InChI=1S/C21H31N/c1-6-14-9-20(12-17(20)13(2)3)11-15-7-8-16-18(19(16,4)5)21(15,22)10-14/h10,12,15-16,18H,2,6-9,11,22H2,1,3-5H3. The maximum absolute atomic E-state index is 7.14. The number of rotatable bonds is 2. The summed E-state index contributed by atoms with van der Waals surface area (Å²) >= 11 is 0. The number of fused-ring (bicyclic) bond motifs is 3. The lowest BCUT2D eigenvalue weighted by Crippen LogP contribution is -2.51. The molecule has 0 aromatic heterocycles. The van der Waals surface area contributed by atoms with Crippen molar-refractivity contribution in [3.05, 3.63) is 35.5 Å². The summed E-state index contributed by atoms with van der Waals surface area (Å²) in [6, 6.07) is 0. The number of allylic oxidation sites excluding steroid dienone is 4. The molecule has 2 fully saturated rings. The normalized spacial score (nSPS) is 47.8. The first kappa shape index (κ1) is 14.8. The summed E-state index contributed by atoms with van der Waals surface area (Å²) < 4.78 is 0. The molecule has 2 N–H and O–H groups in total. The van der Waals surface area contributed by atoms with Gasteiger partial charge in [0, 0.05) is 11.0 Å². The molecule has 0 bridgehead atoms. The summed E-state index contributed by atoms with van der Waals surface area (Å²) in [5.41, 5.74) is 12.2. The molecule has 2 saturated carbocycles. The van der Waals surface area contributed by atoms with Gasteiger partial charge in [-0.3, -0.25) is 0 Å². The molecule has 1 nitrogen and oxygen atoms in total. The Kier molecular flexibility index (Phi) is 2.80. The maximum atomic E-state index is 7.14. The highest BCUT2D eigenvalue weighted by Gasteiger charge is 2.69. The van der Waals surface area contributed by atoms with Crippen molar-refractivity contribution in [1.82, 2.24) is 0 Å². The van der Waals surface area contributed by atoms with Crippen LogP contribution in [0.5, 0.6) is 0 Å². The van der Waals surface area contributed by atoms with Crippen LogP contribution in [0.15, 0.2) is 35.5 Å². The molecule has 4 aliphatic carbocycles. The molecule has 0 radical (unpaired) electrons. The molecule has 4 rings (SSSR count). The summed E-state index contributed by atoms with van der Waals surface area (Å²) in [5.74, 6) is 2.19. The van der Waals surface area contributed by atoms with Crippen LogP contribution in [0.25, 0.3) is 0 Å². The van der Waals surface area contributed by atoms with Gasteiger partial charge < -0.3 is 5.73 Å². The Morgan fingerprint density at radius 1 is 1.32 bits per heavy atom. The predicted molar refractivity (Wildman–Crippen MR) is 93.3 cm³/mol. The SMILES string of the molecule is C=C(C)C1=CC12CC(CC)=CC1(N)C(CCC3C1C3(C)C)C2. The minimum atomic E-state index is -0.0577. The monoisotopic (exact) mass is 297 g/mol. The van der Waals surface area contributed by atoms with Crippen molar-refractivity contribution in [2.75, 3.05) is 0 Å². The lowest BCUT2D eigenvalue weighted by atomic mass is 9.69. The van der Waals surface area contributed by atoms with Gasteiger partial charge in [-0.05, 0) is 67.8 Å². The van der Waals surface area contributed by atoms with Crippen molar-refractivity contribution in [2.45, 2.75) is 65.3 Å². The largest absolute Gasteiger partial charge is 0.321 e. The van der Waals surface area contributed by atoms with Crippen LogP contribution < -0.4 is 5.73 Å². The van der Waals surface area contributed by atoms with Crippen LogP contribution in [0.1, 0.15) is 59.8 Å². The van der Waals surface area contributed by atoms with E-state index in [0.717, 1.165) is 12.3 Å². The van der Waals surface area contributed by atoms with E-state index in [0.29, 0.717) is 22.7 Å². The van der Waals surface area contributed by atoms with Crippen LogP contribution in [0.2, 0.25) is 0 Å². The van der Waals surface area contributed by atoms with Gasteiger partial charge >= 0.3 is 0 Å². The zero-order valence-electron chi connectivity index (χ0n) is 14.7. The average Bonchev–Trinajstić information content (AvgIpc) is 3.28. The first-order chi connectivity index (χ1) is 10.2. The molecular weight excluding hydrogens is 266 g/mol. The number of hydrogen-bond acceptors (Lipinski definition) is 1. The van der Waals surface area contributed by atoms with Crippen LogP contribution >= 0.6 is 0 Å². The van der Waals surface area contributed by atoms with Crippen LogP contribution in [0.4, 0.5) is 0 Å². The quantitative estimate of drug-likeness (QED) is 0.713. The second-order valence-electron chi connectivity index (χ2n) is 9.21. The number of nitrogens with two attached hydrogens (primary N) is 1. The molecule has 5 unspecified atom stereocenters. The van der Waals surface area contributed by atoms with Gasteiger partial charge in [0.15, 0.2) is 0 Å². The van der Waals surface area contributed by atoms with E-state index in [1.807, 2.05) is 0 Å². The highest BCUT2D eigenvalue weighted by atomic mass is 14.9. The lowest BCUT2D eigenvalue weighted by molar-refractivity contribution is 0.186. The van der Waals surface area contributed by atoms with E-state index in [4.69, 9.17) is 5.73 Å². The second kappa shape index (κ2) is 4.17. The molecule has 22 heavy (non-hydrogen) atoms. The van der Waals surface area contributed by atoms with Crippen LogP contribution in [-0.2, 0) is 0 Å². The molecule has 0 aromatic rings. The van der Waals surface area contributed by atoms with Gasteiger partial charge in [0.25, 0.3) is 0 Å². The van der Waals surface area contributed by atoms with Gasteiger partial charge in [-0.25, -0.2) is 0 Å². The number of hydrogen-bond donors (Lipinski definition) is 1. The smallest absolute Gasteiger partial charge is 0.0407 e. The molecule has 1 heteroatoms. The molecule has 0 aliphatic heterocycles. The van der Waals surface area contributed by atoms with E-state index in [9.17, 15) is 0 Å². The zero-order chi connectivity index (χ0) is 15.9. The zero-order valence-corrected chi connectivity index (χ0v) is 14.7. The fourth-order valence-electron chi connectivity index (χ4n) is 6.30. The summed E-state index contributed by atoms with van der Waals surface area (Å²) in [5, 5.41) is 0. The van der Waals surface area contributed by atoms with Crippen molar-refractivity contribution in [1.29, 1.82) is 0 Å². The first-order valence-electron chi connectivity index (χ1n) is 9.13. The van der Waals surface area contributed by atoms with E-state index in [1.165, 1.54) is 36.8 Å². The van der Waals surface area contributed by atoms with Gasteiger partial charge in [0.05, 0.1) is 0 Å². The third kappa shape index (κ3) is 1.75. The predicted octanol–water partition coefficient (Wildman–Crippen LogP) is 5.00. The topological polar surface area (TPSA) is 26.0 Å². The van der Waals surface area contributed by atoms with Gasteiger partial charge in [0.2, 0.25) is 0 Å². The van der Waals surface area contributed by atoms with Crippen LogP contribution in [-0.4, -0.2) is 5.54 Å². The van der Waals surface area contributed by atoms with E-state index in [1.54, 1.807) is 5.57 Å². The van der Waals surface area contributed by atoms with Gasteiger partial charge in [-0.15, -0.1) is 0 Å². The summed E-state index contributed by atoms with van der Waals surface area (Å²) in [6.45, 7) is 13.5. The molecule has 120 valence electrons. The van der Waals surface area contributed by atoms with Crippen LogP contribution in [0, 0.1) is 28.6 Å². The van der Waals surface area contributed by atoms with Crippen molar-refractivity contribution in [3.63, 3.8) is 0 Å². The molecule has 0 saturated heterocycles. The minimum Gasteiger partial charge on any atom is -0.321 e. The third-order valence-corrected chi connectivity index (χ3v) is 7.52. The fraction of sp³-hybridized carbons (Fsp3) is 0.714. The van der Waals surface area contributed by atoms with Crippen molar-refractivity contribution >= 4 is 0 Å². The molecular formula is C21H31N. The van der Waals surface area contributed by atoms with E-state index in [2.05, 4.69) is 46.4 Å². The molecule has 1 spiro atoms. The van der Waals surface area contributed by atoms with E-state index >= 15 is 0 Å². The molecule has 5 atom stereocenters. The van der Waals surface area contributed by atoms with Crippen molar-refractivity contribution < 1.29 is 0 Å². The Labute approximate surface area is 135 Å². The van der Waals surface area contributed by atoms with Crippen molar-refractivity contribution in [3.8, 4) is 0 Å². The lowest BCUT2D eigenvalue weighted by Gasteiger charge is -2.40. The Balaban J connectivity index is 1.71. The fourth-order valence-corrected chi connectivity index (χ4v) is 6.30. The Morgan fingerprint density at radius 3 is 2.64 bits per heavy atom. The highest BCUT2D eigenvalue weighted by molar-refractivity contribution is 5.53. The minimum absolute atomic E-state index is 0.0577. The van der Waals surface area contributed by atoms with Gasteiger partial charge in [0.1, 0.15) is 0 Å². The average molecular weight is 297 g/mol. The summed E-state index contributed by atoms with van der Waals surface area (Å²) in [4.78, 5) is 0. The van der Waals surface area contributed by atoms with Gasteiger partial charge in [-0.1, -0.05) is 50.6 Å². The maximum Gasteiger partial charge on any atom is 0.0407 e. The molecule has 0 amide bonds. The molecule has 0 aromatic carbocycles.